The van der Waals surface area contributed by atoms with E-state index in [-0.39, 0.29) is 29.8 Å². The molecule has 136 valence electrons. The number of hydrogen-bond acceptors (Lipinski definition) is 3. The Morgan fingerprint density at radius 2 is 2.00 bits per heavy atom. The molecular weight excluding hydrogens is 325 g/mol. The number of rotatable bonds is 4. The highest BCUT2D eigenvalue weighted by Crippen LogP contribution is 2.28. The molecule has 3 atom stereocenters. The molecule has 0 unspecified atom stereocenters. The van der Waals surface area contributed by atoms with Crippen LogP contribution in [0.1, 0.15) is 37.3 Å². The molecule has 0 saturated carbocycles. The number of likely N-dealkylation sites (tertiary alicyclic amines) is 1. The van der Waals surface area contributed by atoms with Crippen LogP contribution in [0.25, 0.3) is 0 Å². The first-order valence-electron chi connectivity index (χ1n) is 8.76. The lowest BCUT2D eigenvalue weighted by Crippen LogP contribution is -2.48. The molecule has 3 rings (SSSR count). The molecule has 25 heavy (non-hydrogen) atoms. The summed E-state index contributed by atoms with van der Waals surface area (Å²) in [6, 6.07) is 5.32. The third kappa shape index (κ3) is 4.28. The number of nitrogens with two attached hydrogens (primary N) is 1. The second kappa shape index (κ2) is 7.82. The molecule has 2 aliphatic heterocycles. The molecule has 7 heteroatoms. The lowest BCUT2D eigenvalue weighted by atomic mass is 9.94. The lowest BCUT2D eigenvalue weighted by Gasteiger charge is -2.33. The molecular formula is C18H24FN3O3. The van der Waals surface area contributed by atoms with Gasteiger partial charge in [0.15, 0.2) is 0 Å². The molecule has 0 spiro atoms. The maximum Gasteiger partial charge on any atom is 0.314 e. The quantitative estimate of drug-likeness (QED) is 0.871. The van der Waals surface area contributed by atoms with Gasteiger partial charge in [-0.1, -0.05) is 12.1 Å². The van der Waals surface area contributed by atoms with E-state index in [1.807, 2.05) is 0 Å². The van der Waals surface area contributed by atoms with Crippen LogP contribution in [0.2, 0.25) is 0 Å². The third-order valence-corrected chi connectivity index (χ3v) is 4.97. The summed E-state index contributed by atoms with van der Waals surface area (Å²) >= 11 is 0. The zero-order valence-electron chi connectivity index (χ0n) is 14.1. The van der Waals surface area contributed by atoms with Crippen molar-refractivity contribution in [3.05, 3.63) is 35.6 Å². The third-order valence-electron chi connectivity index (χ3n) is 4.97. The van der Waals surface area contributed by atoms with Crippen molar-refractivity contribution in [2.75, 3.05) is 19.7 Å². The number of hydrogen-bond donors (Lipinski definition) is 2. The molecule has 6 nitrogen and oxygen atoms in total. The van der Waals surface area contributed by atoms with Gasteiger partial charge in [0.1, 0.15) is 5.82 Å². The van der Waals surface area contributed by atoms with Gasteiger partial charge >= 0.3 is 6.03 Å². The van der Waals surface area contributed by atoms with Gasteiger partial charge in [-0.2, -0.15) is 0 Å². The monoisotopic (exact) mass is 349 g/mol. The average Bonchev–Trinajstić information content (AvgIpc) is 3.15. The van der Waals surface area contributed by atoms with Crippen molar-refractivity contribution < 1.29 is 18.7 Å². The molecule has 0 aliphatic carbocycles. The van der Waals surface area contributed by atoms with Gasteiger partial charge in [-0.25, -0.2) is 9.18 Å². The van der Waals surface area contributed by atoms with Crippen molar-refractivity contribution >= 4 is 11.9 Å². The molecule has 0 bridgehead atoms. The predicted octanol–water partition coefficient (Wildman–Crippen LogP) is 1.95. The summed E-state index contributed by atoms with van der Waals surface area (Å²) in [6.45, 7) is 1.59. The topological polar surface area (TPSA) is 84.7 Å². The van der Waals surface area contributed by atoms with Gasteiger partial charge in [-0.15, -0.1) is 0 Å². The van der Waals surface area contributed by atoms with E-state index in [4.69, 9.17) is 10.5 Å². The minimum atomic E-state index is -0.494. The molecule has 1 aromatic rings. The second-order valence-electron chi connectivity index (χ2n) is 6.71. The fourth-order valence-corrected chi connectivity index (χ4v) is 3.59. The summed E-state index contributed by atoms with van der Waals surface area (Å²) in [5, 5.41) is 3.06. The Balaban J connectivity index is 1.72. The smallest absolute Gasteiger partial charge is 0.314 e. The van der Waals surface area contributed by atoms with Crippen molar-refractivity contribution in [1.29, 1.82) is 0 Å². The van der Waals surface area contributed by atoms with E-state index in [1.165, 1.54) is 17.0 Å². The van der Waals surface area contributed by atoms with Gasteiger partial charge in [0.05, 0.1) is 18.1 Å². The van der Waals surface area contributed by atoms with Crippen molar-refractivity contribution in [2.24, 2.45) is 11.7 Å². The predicted molar refractivity (Wildman–Crippen MR) is 90.1 cm³/mol. The maximum absolute atomic E-state index is 13.2. The number of carbonyl (C=O) groups is 2. The Morgan fingerprint density at radius 1 is 1.24 bits per heavy atom. The SMILES string of the molecule is NC(=O)N1CCC[C@H](C(=O)N[C@@H](c2ccc(F)cc2)[C@H]2CCCO2)C1. The number of primary amides is 1. The van der Waals surface area contributed by atoms with Gasteiger partial charge in [0, 0.05) is 19.7 Å². The number of nitrogens with zero attached hydrogens (tertiary/aromatic N) is 1. The fraction of sp³-hybridized carbons (Fsp3) is 0.556. The molecule has 1 aromatic carbocycles. The number of urea groups is 1. The number of halogens is 1. The molecule has 2 fully saturated rings. The average molecular weight is 349 g/mol. The van der Waals surface area contributed by atoms with Crippen LogP contribution in [-0.4, -0.2) is 42.6 Å². The van der Waals surface area contributed by atoms with Crippen LogP contribution in [0.3, 0.4) is 0 Å². The van der Waals surface area contributed by atoms with Crippen molar-refractivity contribution in [3.63, 3.8) is 0 Å². The van der Waals surface area contributed by atoms with Crippen LogP contribution >= 0.6 is 0 Å². The van der Waals surface area contributed by atoms with Gasteiger partial charge < -0.3 is 20.7 Å². The number of ether oxygens (including phenoxy) is 1. The first-order valence-corrected chi connectivity index (χ1v) is 8.76. The Morgan fingerprint density at radius 3 is 2.64 bits per heavy atom. The summed E-state index contributed by atoms with van der Waals surface area (Å²) < 4.78 is 19.0. The minimum Gasteiger partial charge on any atom is -0.376 e. The highest BCUT2D eigenvalue weighted by Gasteiger charge is 2.33. The van der Waals surface area contributed by atoms with Gasteiger partial charge in [-0.3, -0.25) is 4.79 Å². The minimum absolute atomic E-state index is 0.115. The maximum atomic E-state index is 13.2. The van der Waals surface area contributed by atoms with Gasteiger partial charge in [-0.05, 0) is 43.4 Å². The molecule has 0 aromatic heterocycles. The summed E-state index contributed by atoms with van der Waals surface area (Å²) in [6.07, 6.45) is 3.14. The highest BCUT2D eigenvalue weighted by molar-refractivity contribution is 5.81. The second-order valence-corrected chi connectivity index (χ2v) is 6.71. The number of benzene rings is 1. The standard InChI is InChI=1S/C18H24FN3O3/c19-14-7-5-12(6-8-14)16(15-4-2-10-25-15)21-17(23)13-3-1-9-22(11-13)18(20)24/h5-8,13,15-16H,1-4,9-11H2,(H2,20,24)(H,21,23)/t13-,15+,16-/m0/s1. The van der Waals surface area contributed by atoms with Crippen LogP contribution in [-0.2, 0) is 9.53 Å². The summed E-state index contributed by atoms with van der Waals surface area (Å²) in [5.41, 5.74) is 6.16. The normalized spacial score (nSPS) is 24.8. The Kier molecular flexibility index (Phi) is 5.53. The first-order chi connectivity index (χ1) is 12.0. The molecule has 3 amide bonds. The number of amides is 3. The van der Waals surface area contributed by atoms with Crippen LogP contribution in [0.5, 0.6) is 0 Å². The summed E-state index contributed by atoms with van der Waals surface area (Å²) in [7, 11) is 0. The van der Waals surface area contributed by atoms with Crippen LogP contribution < -0.4 is 11.1 Å². The van der Waals surface area contributed by atoms with E-state index < -0.39 is 6.03 Å². The Bertz CT molecular complexity index is 616. The zero-order chi connectivity index (χ0) is 17.8. The molecule has 2 aliphatic rings. The number of nitrogens with one attached hydrogen (secondary N) is 1. The summed E-state index contributed by atoms with van der Waals surface area (Å²) in [4.78, 5) is 25.6. The molecule has 0 radical (unpaired) electrons. The van der Waals surface area contributed by atoms with E-state index in [0.29, 0.717) is 19.7 Å². The number of carbonyl (C=O) groups excluding carboxylic acids is 2. The highest BCUT2D eigenvalue weighted by atomic mass is 19.1. The first kappa shape index (κ1) is 17.7. The van der Waals surface area contributed by atoms with Crippen LogP contribution in [0.4, 0.5) is 9.18 Å². The van der Waals surface area contributed by atoms with E-state index in [2.05, 4.69) is 5.32 Å². The van der Waals surface area contributed by atoms with Crippen LogP contribution in [0.15, 0.2) is 24.3 Å². The van der Waals surface area contributed by atoms with Crippen molar-refractivity contribution in [3.8, 4) is 0 Å². The van der Waals surface area contributed by atoms with E-state index in [9.17, 15) is 14.0 Å². The van der Waals surface area contributed by atoms with Gasteiger partial charge in [0.25, 0.3) is 0 Å². The van der Waals surface area contributed by atoms with Crippen molar-refractivity contribution in [1.82, 2.24) is 10.2 Å². The van der Waals surface area contributed by atoms with Crippen molar-refractivity contribution in [2.45, 2.75) is 37.8 Å². The fourth-order valence-electron chi connectivity index (χ4n) is 3.59. The van der Waals surface area contributed by atoms with Crippen LogP contribution in [0, 0.1) is 11.7 Å². The van der Waals surface area contributed by atoms with E-state index in [0.717, 1.165) is 31.2 Å². The Labute approximate surface area is 146 Å². The largest absolute Gasteiger partial charge is 0.376 e. The number of piperidine rings is 1. The zero-order valence-corrected chi connectivity index (χ0v) is 14.1. The van der Waals surface area contributed by atoms with E-state index >= 15 is 0 Å². The lowest BCUT2D eigenvalue weighted by molar-refractivity contribution is -0.128. The summed E-state index contributed by atoms with van der Waals surface area (Å²) in [5.74, 6) is -0.716. The van der Waals surface area contributed by atoms with Gasteiger partial charge in [0.2, 0.25) is 5.91 Å². The molecule has 2 heterocycles. The molecule has 2 saturated heterocycles. The Hall–Kier alpha value is -2.15. The molecule has 3 N–H and O–H groups in total. The van der Waals surface area contributed by atoms with E-state index in [1.54, 1.807) is 12.1 Å².